The highest BCUT2D eigenvalue weighted by Gasteiger charge is 2.37. The summed E-state index contributed by atoms with van der Waals surface area (Å²) in [7, 11) is 0. The number of imide groups is 2. The lowest BCUT2D eigenvalue weighted by atomic mass is 10.1. The number of urea groups is 1. The number of nitrogens with zero attached hydrogens (tertiary/aromatic N) is 1. The minimum atomic E-state index is -0.830. The van der Waals surface area contributed by atoms with Gasteiger partial charge in [0.2, 0.25) is 0 Å². The molecule has 0 atom stereocenters. The highest BCUT2D eigenvalue weighted by molar-refractivity contribution is 14.1. The molecule has 1 fully saturated rings. The first-order valence-corrected chi connectivity index (χ1v) is 13.2. The van der Waals surface area contributed by atoms with E-state index in [0.29, 0.717) is 53.3 Å². The van der Waals surface area contributed by atoms with E-state index in [-0.39, 0.29) is 5.57 Å². The van der Waals surface area contributed by atoms with Crippen LogP contribution in [0.1, 0.15) is 25.0 Å². The molecule has 0 aliphatic carbocycles. The molecule has 1 aliphatic heterocycles. The molecule has 0 spiro atoms. The van der Waals surface area contributed by atoms with Crippen molar-refractivity contribution in [1.82, 2.24) is 5.32 Å². The Morgan fingerprint density at radius 3 is 2.26 bits per heavy atom. The Morgan fingerprint density at radius 2 is 1.61 bits per heavy atom. The molecule has 0 unspecified atom stereocenters. The molecule has 196 valence electrons. The minimum absolute atomic E-state index is 0.185. The molecule has 0 bridgehead atoms. The Hall–Kier alpha value is -3.57. The standard InChI is InChI=1S/C28H24ClIN2O6/c1-3-36-24-15-18(14-23(30)25(24)37-4-2)13-22-26(33)31-28(35)32(27(22)34)20-9-11-21(12-10-20)38-16-17-5-7-19(29)8-6-17/h5-15H,3-4,16H2,1-2H3,(H,31,33,35)/b22-13+. The second-order valence-corrected chi connectivity index (χ2v) is 9.66. The number of carbonyl (C=O) groups excluding carboxylic acids is 3. The second kappa shape index (κ2) is 12.3. The van der Waals surface area contributed by atoms with Crippen LogP contribution in [0.5, 0.6) is 17.2 Å². The van der Waals surface area contributed by atoms with Gasteiger partial charge >= 0.3 is 6.03 Å². The van der Waals surface area contributed by atoms with Crippen LogP contribution in [0, 0.1) is 3.57 Å². The Bertz CT molecular complexity index is 1390. The number of ether oxygens (including phenoxy) is 3. The molecular formula is C28H24ClIN2O6. The monoisotopic (exact) mass is 646 g/mol. The van der Waals surface area contributed by atoms with E-state index in [1.807, 2.05) is 26.0 Å². The maximum Gasteiger partial charge on any atom is 0.335 e. The first kappa shape index (κ1) is 27.5. The van der Waals surface area contributed by atoms with Crippen LogP contribution in [-0.4, -0.2) is 31.1 Å². The van der Waals surface area contributed by atoms with Crippen molar-refractivity contribution in [1.29, 1.82) is 0 Å². The lowest BCUT2D eigenvalue weighted by molar-refractivity contribution is -0.122. The quantitative estimate of drug-likeness (QED) is 0.175. The summed E-state index contributed by atoms with van der Waals surface area (Å²) in [5, 5.41) is 2.88. The van der Waals surface area contributed by atoms with E-state index >= 15 is 0 Å². The number of nitrogens with one attached hydrogen (secondary N) is 1. The summed E-state index contributed by atoms with van der Waals surface area (Å²) < 4.78 is 17.9. The fourth-order valence-electron chi connectivity index (χ4n) is 3.72. The zero-order valence-electron chi connectivity index (χ0n) is 20.6. The van der Waals surface area contributed by atoms with Crippen molar-refractivity contribution >= 4 is 63.8 Å². The van der Waals surface area contributed by atoms with Gasteiger partial charge in [-0.15, -0.1) is 0 Å². The third kappa shape index (κ3) is 6.28. The second-order valence-electron chi connectivity index (χ2n) is 8.06. The number of anilines is 1. The van der Waals surface area contributed by atoms with Crippen molar-refractivity contribution in [2.45, 2.75) is 20.5 Å². The maximum absolute atomic E-state index is 13.3. The molecule has 4 amide bonds. The molecule has 1 aliphatic rings. The van der Waals surface area contributed by atoms with E-state index in [2.05, 4.69) is 27.9 Å². The van der Waals surface area contributed by atoms with Crippen molar-refractivity contribution in [3.8, 4) is 17.2 Å². The number of rotatable bonds is 9. The number of barbiturate groups is 1. The minimum Gasteiger partial charge on any atom is -0.490 e. The van der Waals surface area contributed by atoms with E-state index in [1.165, 1.54) is 6.08 Å². The van der Waals surface area contributed by atoms with Gasteiger partial charge in [0.25, 0.3) is 11.8 Å². The van der Waals surface area contributed by atoms with Crippen LogP contribution >= 0.6 is 34.2 Å². The summed E-state index contributed by atoms with van der Waals surface area (Å²) in [6, 6.07) is 16.4. The smallest absolute Gasteiger partial charge is 0.335 e. The van der Waals surface area contributed by atoms with Crippen LogP contribution < -0.4 is 24.4 Å². The summed E-state index contributed by atoms with van der Waals surface area (Å²) in [4.78, 5) is 39.5. The van der Waals surface area contributed by atoms with Crippen molar-refractivity contribution in [2.75, 3.05) is 18.1 Å². The average Bonchev–Trinajstić information content (AvgIpc) is 2.89. The molecule has 3 aromatic carbocycles. The van der Waals surface area contributed by atoms with Gasteiger partial charge in [-0.3, -0.25) is 14.9 Å². The van der Waals surface area contributed by atoms with Gasteiger partial charge < -0.3 is 14.2 Å². The van der Waals surface area contributed by atoms with Gasteiger partial charge in [0, 0.05) is 5.02 Å². The van der Waals surface area contributed by atoms with Crippen molar-refractivity contribution in [3.05, 3.63) is 86.0 Å². The number of halogens is 2. The molecule has 0 aromatic heterocycles. The lowest BCUT2D eigenvalue weighted by Crippen LogP contribution is -2.54. The van der Waals surface area contributed by atoms with Gasteiger partial charge in [0.15, 0.2) is 11.5 Å². The van der Waals surface area contributed by atoms with E-state index < -0.39 is 17.8 Å². The summed E-state index contributed by atoms with van der Waals surface area (Å²) in [6.07, 6.45) is 1.43. The maximum atomic E-state index is 13.3. The van der Waals surface area contributed by atoms with Crippen LogP contribution in [0.4, 0.5) is 10.5 Å². The zero-order valence-corrected chi connectivity index (χ0v) is 23.5. The number of carbonyl (C=O) groups is 3. The highest BCUT2D eigenvalue weighted by atomic mass is 127. The first-order chi connectivity index (χ1) is 18.3. The zero-order chi connectivity index (χ0) is 27.2. The normalized spacial score (nSPS) is 14.5. The van der Waals surface area contributed by atoms with Crippen molar-refractivity contribution in [2.24, 2.45) is 0 Å². The Balaban J connectivity index is 1.56. The summed E-state index contributed by atoms with van der Waals surface area (Å²) in [5.41, 5.74) is 1.60. The van der Waals surface area contributed by atoms with Gasteiger partial charge in [-0.05, 0) is 102 Å². The van der Waals surface area contributed by atoms with Crippen LogP contribution in [-0.2, 0) is 16.2 Å². The van der Waals surface area contributed by atoms with Gasteiger partial charge in [0.05, 0.1) is 22.5 Å². The molecule has 8 nitrogen and oxygen atoms in total. The SMILES string of the molecule is CCOc1cc(/C=C2\C(=O)NC(=O)N(c3ccc(OCc4ccc(Cl)cc4)cc3)C2=O)cc(I)c1OCC. The predicted octanol–water partition coefficient (Wildman–Crippen LogP) is 5.99. The summed E-state index contributed by atoms with van der Waals surface area (Å²) >= 11 is 8.02. The molecule has 0 saturated carbocycles. The molecular weight excluding hydrogens is 623 g/mol. The molecule has 1 saturated heterocycles. The average molecular weight is 647 g/mol. The number of benzene rings is 3. The number of amides is 4. The molecule has 1 heterocycles. The molecule has 0 radical (unpaired) electrons. The van der Waals surface area contributed by atoms with Crippen LogP contribution in [0.3, 0.4) is 0 Å². The molecule has 4 rings (SSSR count). The third-order valence-electron chi connectivity index (χ3n) is 5.45. The third-order valence-corrected chi connectivity index (χ3v) is 6.50. The molecule has 3 aromatic rings. The molecule has 38 heavy (non-hydrogen) atoms. The van der Waals surface area contributed by atoms with Crippen molar-refractivity contribution in [3.63, 3.8) is 0 Å². The Kier molecular flexibility index (Phi) is 8.90. The van der Waals surface area contributed by atoms with Crippen LogP contribution in [0.2, 0.25) is 5.02 Å². The van der Waals surface area contributed by atoms with E-state index in [1.54, 1.807) is 48.5 Å². The van der Waals surface area contributed by atoms with Gasteiger partial charge in [-0.2, -0.15) is 0 Å². The van der Waals surface area contributed by atoms with Gasteiger partial charge in [-0.25, -0.2) is 9.69 Å². The largest absolute Gasteiger partial charge is 0.490 e. The predicted molar refractivity (Wildman–Crippen MR) is 153 cm³/mol. The molecule has 1 N–H and O–H groups in total. The Labute approximate surface area is 238 Å². The van der Waals surface area contributed by atoms with Gasteiger partial charge in [-0.1, -0.05) is 23.7 Å². The topological polar surface area (TPSA) is 94.2 Å². The lowest BCUT2D eigenvalue weighted by Gasteiger charge is -2.26. The van der Waals surface area contributed by atoms with Crippen molar-refractivity contribution < 1.29 is 28.6 Å². The fraction of sp³-hybridized carbons (Fsp3) is 0.179. The van der Waals surface area contributed by atoms with Gasteiger partial charge in [0.1, 0.15) is 17.9 Å². The highest BCUT2D eigenvalue weighted by Crippen LogP contribution is 2.35. The van der Waals surface area contributed by atoms with E-state index in [4.69, 9.17) is 25.8 Å². The summed E-state index contributed by atoms with van der Waals surface area (Å²) in [6.45, 7) is 4.92. The first-order valence-electron chi connectivity index (χ1n) is 11.8. The van der Waals surface area contributed by atoms with Crippen LogP contribution in [0.15, 0.2) is 66.2 Å². The van der Waals surface area contributed by atoms with Crippen LogP contribution in [0.25, 0.3) is 6.08 Å². The Morgan fingerprint density at radius 1 is 0.921 bits per heavy atom. The van der Waals surface area contributed by atoms with E-state index in [0.717, 1.165) is 14.0 Å². The summed E-state index contributed by atoms with van der Waals surface area (Å²) in [5.74, 6) is 0.120. The number of hydrogen-bond donors (Lipinski definition) is 1. The fourth-order valence-corrected chi connectivity index (χ4v) is 4.62. The number of hydrogen-bond acceptors (Lipinski definition) is 6. The van der Waals surface area contributed by atoms with E-state index in [9.17, 15) is 14.4 Å². The molecule has 10 heteroatoms.